The zero-order chi connectivity index (χ0) is 17.2. The standard InChI is InChI=1S/C19H20N4O2/c24-18-17(8-4-10-23(18)16-7-3-9-20-11-16)21-19(25)22-12-14-5-1-2-6-15(14)13-22/h1-3,5-7,9,11,17H,4,8,10,12-13H2,(H,21,25)/t17-/m0/s1. The van der Waals surface area contributed by atoms with E-state index >= 15 is 0 Å². The van der Waals surface area contributed by atoms with Gasteiger partial charge in [0.25, 0.3) is 0 Å². The second-order valence-corrected chi connectivity index (χ2v) is 6.47. The van der Waals surface area contributed by atoms with Crippen LogP contribution in [0.2, 0.25) is 0 Å². The Morgan fingerprint density at radius 3 is 2.56 bits per heavy atom. The molecule has 6 heteroatoms. The number of pyridine rings is 1. The summed E-state index contributed by atoms with van der Waals surface area (Å²) in [6, 6.07) is 11.1. The Kier molecular flexibility index (Phi) is 4.09. The molecule has 25 heavy (non-hydrogen) atoms. The lowest BCUT2D eigenvalue weighted by Crippen LogP contribution is -2.54. The van der Waals surface area contributed by atoms with Crippen molar-refractivity contribution < 1.29 is 9.59 Å². The van der Waals surface area contributed by atoms with Crippen LogP contribution in [0, 0.1) is 0 Å². The van der Waals surface area contributed by atoms with Gasteiger partial charge in [-0.2, -0.15) is 0 Å². The van der Waals surface area contributed by atoms with E-state index in [1.807, 2.05) is 36.4 Å². The molecule has 1 atom stereocenters. The fourth-order valence-corrected chi connectivity index (χ4v) is 3.50. The van der Waals surface area contributed by atoms with E-state index in [0.717, 1.165) is 12.1 Å². The number of amides is 3. The van der Waals surface area contributed by atoms with Gasteiger partial charge in [0.05, 0.1) is 11.9 Å². The number of nitrogens with one attached hydrogen (secondary N) is 1. The van der Waals surface area contributed by atoms with Gasteiger partial charge >= 0.3 is 6.03 Å². The first kappa shape index (κ1) is 15.6. The summed E-state index contributed by atoms with van der Waals surface area (Å²) in [7, 11) is 0. The number of nitrogens with zero attached hydrogens (tertiary/aromatic N) is 3. The van der Waals surface area contributed by atoms with Crippen molar-refractivity contribution in [3.63, 3.8) is 0 Å². The SMILES string of the molecule is O=C(N[C@H]1CCCN(c2cccnc2)C1=O)N1Cc2ccccc2C1. The van der Waals surface area contributed by atoms with Crippen molar-refractivity contribution in [2.75, 3.05) is 11.4 Å². The quantitative estimate of drug-likeness (QED) is 0.915. The van der Waals surface area contributed by atoms with Crippen molar-refractivity contribution in [3.05, 3.63) is 59.9 Å². The summed E-state index contributed by atoms with van der Waals surface area (Å²) in [5, 5.41) is 2.92. The maximum atomic E-state index is 12.8. The maximum Gasteiger partial charge on any atom is 0.318 e. The van der Waals surface area contributed by atoms with E-state index in [9.17, 15) is 9.59 Å². The highest BCUT2D eigenvalue weighted by molar-refractivity contribution is 5.99. The van der Waals surface area contributed by atoms with Crippen LogP contribution in [0.5, 0.6) is 0 Å². The molecule has 3 amide bonds. The van der Waals surface area contributed by atoms with Gasteiger partial charge in [-0.25, -0.2) is 4.79 Å². The highest BCUT2D eigenvalue weighted by atomic mass is 16.2. The van der Waals surface area contributed by atoms with Crippen LogP contribution in [0.25, 0.3) is 0 Å². The largest absolute Gasteiger partial charge is 0.326 e. The average Bonchev–Trinajstić information content (AvgIpc) is 3.08. The molecule has 4 rings (SSSR count). The summed E-state index contributed by atoms with van der Waals surface area (Å²) in [4.78, 5) is 32.9. The Morgan fingerprint density at radius 2 is 1.88 bits per heavy atom. The number of anilines is 1. The van der Waals surface area contributed by atoms with Gasteiger partial charge in [-0.3, -0.25) is 9.78 Å². The van der Waals surface area contributed by atoms with Gasteiger partial charge in [0.2, 0.25) is 5.91 Å². The van der Waals surface area contributed by atoms with Crippen molar-refractivity contribution >= 4 is 17.6 Å². The van der Waals surface area contributed by atoms with Crippen molar-refractivity contribution in [1.29, 1.82) is 0 Å². The molecule has 6 nitrogen and oxygen atoms in total. The van der Waals surface area contributed by atoms with Gasteiger partial charge in [0.15, 0.2) is 0 Å². The molecule has 1 N–H and O–H groups in total. The lowest BCUT2D eigenvalue weighted by Gasteiger charge is -2.33. The zero-order valence-corrected chi connectivity index (χ0v) is 13.9. The molecule has 2 aliphatic rings. The van der Waals surface area contributed by atoms with E-state index in [0.29, 0.717) is 26.1 Å². The number of fused-ring (bicyclic) bond motifs is 1. The van der Waals surface area contributed by atoms with Crippen molar-refractivity contribution in [2.24, 2.45) is 0 Å². The monoisotopic (exact) mass is 336 g/mol. The fraction of sp³-hybridized carbons (Fsp3) is 0.316. The van der Waals surface area contributed by atoms with Crippen molar-refractivity contribution in [2.45, 2.75) is 32.0 Å². The number of hydrogen-bond acceptors (Lipinski definition) is 3. The number of rotatable bonds is 2. The van der Waals surface area contributed by atoms with Gasteiger partial charge < -0.3 is 15.1 Å². The van der Waals surface area contributed by atoms with Crippen LogP contribution >= 0.6 is 0 Å². The molecule has 1 aromatic heterocycles. The predicted octanol–water partition coefficient (Wildman–Crippen LogP) is 2.30. The molecule has 2 aliphatic heterocycles. The number of carbonyl (C=O) groups excluding carboxylic acids is 2. The maximum absolute atomic E-state index is 12.8. The summed E-state index contributed by atoms with van der Waals surface area (Å²) in [6.07, 6.45) is 4.88. The summed E-state index contributed by atoms with van der Waals surface area (Å²) >= 11 is 0. The molecule has 2 aromatic rings. The molecule has 0 unspecified atom stereocenters. The van der Waals surface area contributed by atoms with E-state index < -0.39 is 6.04 Å². The molecule has 128 valence electrons. The Hall–Kier alpha value is -2.89. The number of aromatic nitrogens is 1. The van der Waals surface area contributed by atoms with Gasteiger partial charge in [-0.1, -0.05) is 24.3 Å². The minimum atomic E-state index is -0.481. The molecule has 3 heterocycles. The minimum absolute atomic E-state index is 0.0655. The van der Waals surface area contributed by atoms with Gasteiger partial charge in [-0.05, 0) is 36.1 Å². The minimum Gasteiger partial charge on any atom is -0.326 e. The molecule has 0 spiro atoms. The number of urea groups is 1. The van der Waals surface area contributed by atoms with Gasteiger partial charge in [-0.15, -0.1) is 0 Å². The molecule has 0 radical (unpaired) electrons. The number of piperidine rings is 1. The molecule has 0 aliphatic carbocycles. The van der Waals surface area contributed by atoms with Crippen LogP contribution in [-0.4, -0.2) is 34.4 Å². The van der Waals surface area contributed by atoms with Crippen molar-refractivity contribution in [3.8, 4) is 0 Å². The zero-order valence-electron chi connectivity index (χ0n) is 13.9. The topological polar surface area (TPSA) is 65.5 Å². The van der Waals surface area contributed by atoms with E-state index in [1.54, 1.807) is 22.2 Å². The summed E-state index contributed by atoms with van der Waals surface area (Å²) < 4.78 is 0. The van der Waals surface area contributed by atoms with Crippen LogP contribution < -0.4 is 10.2 Å². The number of hydrogen-bond donors (Lipinski definition) is 1. The third-order valence-electron chi connectivity index (χ3n) is 4.82. The first-order valence-electron chi connectivity index (χ1n) is 8.56. The fourth-order valence-electron chi connectivity index (χ4n) is 3.50. The van der Waals surface area contributed by atoms with Crippen LogP contribution in [-0.2, 0) is 17.9 Å². The van der Waals surface area contributed by atoms with Gasteiger partial charge in [0.1, 0.15) is 6.04 Å². The molecule has 1 aromatic carbocycles. The Balaban J connectivity index is 1.42. The lowest BCUT2D eigenvalue weighted by molar-refractivity contribution is -0.121. The normalized spacial score (nSPS) is 19.7. The Bertz CT molecular complexity index is 768. The number of carbonyl (C=O) groups is 2. The first-order valence-corrected chi connectivity index (χ1v) is 8.56. The van der Waals surface area contributed by atoms with Crippen molar-refractivity contribution in [1.82, 2.24) is 15.2 Å². The molecule has 0 bridgehead atoms. The molecule has 1 saturated heterocycles. The van der Waals surface area contributed by atoms with E-state index in [4.69, 9.17) is 0 Å². The van der Waals surface area contributed by atoms with Crippen LogP contribution in [0.4, 0.5) is 10.5 Å². The summed E-state index contributed by atoms with van der Waals surface area (Å²) in [5.74, 6) is -0.0655. The third-order valence-corrected chi connectivity index (χ3v) is 4.82. The lowest BCUT2D eigenvalue weighted by atomic mass is 10.0. The molecule has 0 saturated carbocycles. The first-order chi connectivity index (χ1) is 12.2. The summed E-state index contributed by atoms with van der Waals surface area (Å²) in [5.41, 5.74) is 3.12. The third kappa shape index (κ3) is 3.07. The Morgan fingerprint density at radius 1 is 1.12 bits per heavy atom. The van der Waals surface area contributed by atoms with Crippen LogP contribution in [0.15, 0.2) is 48.8 Å². The van der Waals surface area contributed by atoms with E-state index in [2.05, 4.69) is 10.3 Å². The highest BCUT2D eigenvalue weighted by Gasteiger charge is 2.33. The predicted molar refractivity (Wildman–Crippen MR) is 93.8 cm³/mol. The smallest absolute Gasteiger partial charge is 0.318 e. The molecular weight excluding hydrogens is 316 g/mol. The number of benzene rings is 1. The molecule has 1 fully saturated rings. The van der Waals surface area contributed by atoms with E-state index in [-0.39, 0.29) is 11.9 Å². The molecular formula is C19H20N4O2. The average molecular weight is 336 g/mol. The van der Waals surface area contributed by atoms with Crippen LogP contribution in [0.1, 0.15) is 24.0 Å². The highest BCUT2D eigenvalue weighted by Crippen LogP contribution is 2.23. The second-order valence-electron chi connectivity index (χ2n) is 6.47. The Labute approximate surface area is 146 Å². The van der Waals surface area contributed by atoms with Gasteiger partial charge in [0, 0.05) is 25.8 Å². The van der Waals surface area contributed by atoms with Crippen LogP contribution in [0.3, 0.4) is 0 Å². The van der Waals surface area contributed by atoms with E-state index in [1.165, 1.54) is 11.1 Å². The summed E-state index contributed by atoms with van der Waals surface area (Å²) in [6.45, 7) is 1.84. The second kappa shape index (κ2) is 6.55.